The first-order valence-electron chi connectivity index (χ1n) is 10.7. The molecule has 0 aliphatic carbocycles. The van der Waals surface area contributed by atoms with Gasteiger partial charge in [-0.05, 0) is 41.4 Å². The molecule has 2 atom stereocenters. The Kier molecular flexibility index (Phi) is 5.33. The first-order chi connectivity index (χ1) is 14.4. The van der Waals surface area contributed by atoms with Crippen LogP contribution >= 0.6 is 0 Å². The van der Waals surface area contributed by atoms with Gasteiger partial charge in [0.15, 0.2) is 5.88 Å². The van der Waals surface area contributed by atoms with Crippen molar-refractivity contribution in [2.45, 2.75) is 52.4 Å². The normalized spacial score (nSPS) is 15.1. The van der Waals surface area contributed by atoms with Crippen LogP contribution in [0.5, 0.6) is 5.88 Å². The van der Waals surface area contributed by atoms with E-state index in [4.69, 9.17) is 0 Å². The number of hydrogen-bond acceptors (Lipinski definition) is 2. The first-order valence-corrected chi connectivity index (χ1v) is 10.7. The standard InChI is InChI=1S/C26H28N2O2/c1-5-15(3)17-7-11-19(12-8-17)23-21-22(26(30)27-23)24(28-25(21)29)20-13-9-18(10-14-20)16(4)6-2/h7-16,27,30H,5-6H2,1-4H3. The van der Waals surface area contributed by atoms with Gasteiger partial charge < -0.3 is 10.1 Å². The van der Waals surface area contributed by atoms with Crippen molar-refractivity contribution in [3.05, 3.63) is 76.3 Å². The molecule has 1 amide bonds. The number of benzene rings is 2. The molecule has 0 bridgehead atoms. The van der Waals surface area contributed by atoms with Crippen molar-refractivity contribution in [3.63, 3.8) is 0 Å². The number of amides is 1. The maximum atomic E-state index is 12.8. The van der Waals surface area contributed by atoms with Gasteiger partial charge >= 0.3 is 0 Å². The van der Waals surface area contributed by atoms with E-state index in [9.17, 15) is 9.90 Å². The quantitative estimate of drug-likeness (QED) is 0.502. The van der Waals surface area contributed by atoms with Crippen LogP contribution in [0.3, 0.4) is 0 Å². The molecule has 1 aromatic heterocycles. The third-order valence-corrected chi connectivity index (χ3v) is 6.39. The van der Waals surface area contributed by atoms with E-state index in [0.29, 0.717) is 34.4 Å². The Morgan fingerprint density at radius 1 is 0.833 bits per heavy atom. The summed E-state index contributed by atoms with van der Waals surface area (Å²) in [6, 6.07) is 16.3. The number of rotatable bonds is 6. The Morgan fingerprint density at radius 2 is 1.33 bits per heavy atom. The zero-order valence-corrected chi connectivity index (χ0v) is 18.0. The maximum Gasteiger partial charge on any atom is 0.280 e. The fourth-order valence-corrected chi connectivity index (χ4v) is 3.99. The number of fused-ring (bicyclic) bond motifs is 1. The van der Waals surface area contributed by atoms with E-state index in [2.05, 4.69) is 61.9 Å². The molecular formula is C26H28N2O2. The van der Waals surface area contributed by atoms with Crippen LogP contribution < -0.4 is 0 Å². The van der Waals surface area contributed by atoms with Crippen molar-refractivity contribution in [1.29, 1.82) is 0 Å². The number of hydrogen-bond donors (Lipinski definition) is 2. The van der Waals surface area contributed by atoms with Crippen LogP contribution in [0, 0.1) is 0 Å². The third kappa shape index (κ3) is 3.36. The summed E-state index contributed by atoms with van der Waals surface area (Å²) in [5.41, 5.74) is 6.32. The molecule has 154 valence electrons. The second kappa shape index (κ2) is 7.94. The van der Waals surface area contributed by atoms with Crippen LogP contribution in [-0.4, -0.2) is 21.7 Å². The van der Waals surface area contributed by atoms with Gasteiger partial charge in [-0.2, -0.15) is 0 Å². The van der Waals surface area contributed by atoms with Crippen molar-refractivity contribution in [2.24, 2.45) is 4.99 Å². The molecule has 0 fully saturated rings. The van der Waals surface area contributed by atoms with E-state index in [-0.39, 0.29) is 11.8 Å². The van der Waals surface area contributed by atoms with Crippen LogP contribution in [0.2, 0.25) is 0 Å². The van der Waals surface area contributed by atoms with Crippen LogP contribution in [0.1, 0.15) is 85.0 Å². The second-order valence-corrected chi connectivity index (χ2v) is 8.23. The molecule has 1 aliphatic heterocycles. The van der Waals surface area contributed by atoms with Gasteiger partial charge in [0, 0.05) is 5.56 Å². The van der Waals surface area contributed by atoms with Gasteiger partial charge in [0.25, 0.3) is 5.91 Å². The summed E-state index contributed by atoms with van der Waals surface area (Å²) in [5, 5.41) is 10.6. The van der Waals surface area contributed by atoms with Gasteiger partial charge in [0.1, 0.15) is 0 Å². The van der Waals surface area contributed by atoms with Crippen molar-refractivity contribution < 1.29 is 9.90 Å². The molecule has 2 N–H and O–H groups in total. The minimum absolute atomic E-state index is 0.0124. The number of carbonyl (C=O) groups excluding carboxylic acids is 1. The highest BCUT2D eigenvalue weighted by atomic mass is 16.3. The predicted octanol–water partition coefficient (Wildman–Crippen LogP) is 6.41. The highest BCUT2D eigenvalue weighted by Crippen LogP contribution is 2.38. The lowest BCUT2D eigenvalue weighted by Gasteiger charge is -2.09. The zero-order valence-electron chi connectivity index (χ0n) is 18.0. The lowest BCUT2D eigenvalue weighted by atomic mass is 9.94. The molecule has 2 unspecified atom stereocenters. The molecule has 4 nitrogen and oxygen atoms in total. The SMILES string of the molecule is CCC(C)c1ccc(C2=NC(=O)c3c(-c4ccc(C(C)CC)cc4)[nH]c(O)c32)cc1. The monoisotopic (exact) mass is 400 g/mol. The molecule has 0 spiro atoms. The van der Waals surface area contributed by atoms with Gasteiger partial charge in [-0.3, -0.25) is 4.79 Å². The topological polar surface area (TPSA) is 65.5 Å². The summed E-state index contributed by atoms with van der Waals surface area (Å²) in [7, 11) is 0. The van der Waals surface area contributed by atoms with E-state index >= 15 is 0 Å². The molecule has 0 saturated heterocycles. The number of aliphatic imine (C=N–C) groups is 1. The van der Waals surface area contributed by atoms with E-state index in [1.807, 2.05) is 24.3 Å². The maximum absolute atomic E-state index is 12.8. The summed E-state index contributed by atoms with van der Waals surface area (Å²) in [6.07, 6.45) is 2.14. The summed E-state index contributed by atoms with van der Waals surface area (Å²) >= 11 is 0. The minimum Gasteiger partial charge on any atom is -0.494 e. The first kappa shape index (κ1) is 20.1. The van der Waals surface area contributed by atoms with Gasteiger partial charge in [-0.25, -0.2) is 4.99 Å². The Morgan fingerprint density at radius 3 is 1.83 bits per heavy atom. The fraction of sp³-hybridized carbons (Fsp3) is 0.308. The number of nitrogens with zero attached hydrogens (tertiary/aromatic N) is 1. The zero-order chi connectivity index (χ0) is 21.4. The minimum atomic E-state index is -0.316. The highest BCUT2D eigenvalue weighted by Gasteiger charge is 2.33. The average molecular weight is 401 g/mol. The molecule has 0 radical (unpaired) electrons. The lowest BCUT2D eigenvalue weighted by molar-refractivity contribution is 0.101. The van der Waals surface area contributed by atoms with Gasteiger partial charge in [0.2, 0.25) is 0 Å². The molecule has 30 heavy (non-hydrogen) atoms. The molecular weight excluding hydrogens is 372 g/mol. The van der Waals surface area contributed by atoms with E-state index in [0.717, 1.165) is 24.0 Å². The Bertz CT molecular complexity index is 1110. The molecule has 2 aromatic carbocycles. The van der Waals surface area contributed by atoms with Crippen molar-refractivity contribution >= 4 is 11.6 Å². The van der Waals surface area contributed by atoms with Crippen LogP contribution in [-0.2, 0) is 0 Å². The van der Waals surface area contributed by atoms with E-state index < -0.39 is 0 Å². The van der Waals surface area contributed by atoms with Crippen molar-refractivity contribution in [1.82, 2.24) is 4.98 Å². The van der Waals surface area contributed by atoms with Crippen molar-refractivity contribution in [2.75, 3.05) is 0 Å². The van der Waals surface area contributed by atoms with Gasteiger partial charge in [-0.1, -0.05) is 76.2 Å². The molecule has 3 aromatic rings. The predicted molar refractivity (Wildman–Crippen MR) is 122 cm³/mol. The van der Waals surface area contributed by atoms with Crippen molar-refractivity contribution in [3.8, 4) is 17.1 Å². The number of carbonyl (C=O) groups is 1. The number of aromatic nitrogens is 1. The number of aromatic amines is 1. The van der Waals surface area contributed by atoms with Crippen LogP contribution in [0.15, 0.2) is 53.5 Å². The highest BCUT2D eigenvalue weighted by molar-refractivity contribution is 6.30. The van der Waals surface area contributed by atoms with E-state index in [1.165, 1.54) is 11.1 Å². The van der Waals surface area contributed by atoms with E-state index in [1.54, 1.807) is 0 Å². The molecule has 2 heterocycles. The number of aromatic hydroxyl groups is 1. The molecule has 0 saturated carbocycles. The van der Waals surface area contributed by atoms with Gasteiger partial charge in [-0.15, -0.1) is 0 Å². The summed E-state index contributed by atoms with van der Waals surface area (Å²) < 4.78 is 0. The summed E-state index contributed by atoms with van der Waals surface area (Å²) in [6.45, 7) is 8.73. The summed E-state index contributed by atoms with van der Waals surface area (Å²) in [4.78, 5) is 20.1. The molecule has 4 heteroatoms. The Labute approximate surface area is 177 Å². The fourth-order valence-electron chi connectivity index (χ4n) is 3.99. The largest absolute Gasteiger partial charge is 0.494 e. The smallest absolute Gasteiger partial charge is 0.280 e. The lowest BCUT2D eigenvalue weighted by Crippen LogP contribution is -2.01. The Balaban J connectivity index is 1.71. The van der Waals surface area contributed by atoms with Crippen LogP contribution in [0.25, 0.3) is 11.3 Å². The Hall–Kier alpha value is -3.14. The van der Waals surface area contributed by atoms with Gasteiger partial charge in [0.05, 0.1) is 22.5 Å². The molecule has 4 rings (SSSR count). The summed E-state index contributed by atoms with van der Waals surface area (Å²) in [5.74, 6) is 0.634. The molecule has 1 aliphatic rings. The number of H-pyrrole nitrogens is 1. The second-order valence-electron chi connectivity index (χ2n) is 8.23. The average Bonchev–Trinajstić information content (AvgIpc) is 3.31. The third-order valence-electron chi connectivity index (χ3n) is 6.39. The van der Waals surface area contributed by atoms with Crippen LogP contribution in [0.4, 0.5) is 0 Å². The number of nitrogens with one attached hydrogen (secondary N) is 1.